The summed E-state index contributed by atoms with van der Waals surface area (Å²) in [6.07, 6.45) is 6.85. The van der Waals surface area contributed by atoms with Crippen molar-refractivity contribution >= 4 is 5.97 Å². The van der Waals surface area contributed by atoms with E-state index in [9.17, 15) is 4.79 Å². The van der Waals surface area contributed by atoms with Crippen molar-refractivity contribution in [3.05, 3.63) is 47.9 Å². The number of hydrogen-bond acceptors (Lipinski definition) is 3. The normalized spacial score (nSPS) is 14.4. The quantitative estimate of drug-likeness (QED) is 0.673. The molecular weight excluding hydrogens is 252 g/mol. The van der Waals surface area contributed by atoms with Crippen LogP contribution in [0.5, 0.6) is 5.75 Å². The molecule has 0 saturated carbocycles. The van der Waals surface area contributed by atoms with Gasteiger partial charge in [-0.15, -0.1) is 0 Å². The lowest BCUT2D eigenvalue weighted by molar-refractivity contribution is 0.0270. The maximum Gasteiger partial charge on any atom is 0.342 e. The molecule has 20 heavy (non-hydrogen) atoms. The van der Waals surface area contributed by atoms with Crippen LogP contribution < -0.4 is 4.74 Å². The number of ether oxygens (including phenoxy) is 2. The SMILES string of the molecule is CCOc1ccccc1C(=O)O[C@H](CC)CCC1=C[CH]1. The molecule has 1 aliphatic carbocycles. The minimum Gasteiger partial charge on any atom is -0.493 e. The van der Waals surface area contributed by atoms with Gasteiger partial charge < -0.3 is 9.47 Å². The number of para-hydroxylation sites is 1. The van der Waals surface area contributed by atoms with Crippen LogP contribution in [0.1, 0.15) is 43.5 Å². The fourth-order valence-corrected chi connectivity index (χ4v) is 2.03. The van der Waals surface area contributed by atoms with Gasteiger partial charge in [-0.3, -0.25) is 0 Å². The fourth-order valence-electron chi connectivity index (χ4n) is 2.03. The Bertz CT molecular complexity index is 491. The van der Waals surface area contributed by atoms with Crippen molar-refractivity contribution in [2.75, 3.05) is 6.61 Å². The second kappa shape index (κ2) is 7.13. The van der Waals surface area contributed by atoms with Crippen molar-refractivity contribution in [1.29, 1.82) is 0 Å². The molecule has 3 heteroatoms. The lowest BCUT2D eigenvalue weighted by Crippen LogP contribution is -2.18. The van der Waals surface area contributed by atoms with E-state index in [1.165, 1.54) is 5.57 Å². The molecule has 3 nitrogen and oxygen atoms in total. The standard InChI is InChI=1S/C17H21O3/c1-3-14(12-11-13-9-10-13)20-17(18)15-7-5-6-8-16(15)19-4-2/h5-10,14H,3-4,11-12H2,1-2H3/t14-/m1/s1. The van der Waals surface area contributed by atoms with Gasteiger partial charge in [0.25, 0.3) is 0 Å². The number of carbonyl (C=O) groups excluding carboxylic acids is 1. The second-order valence-corrected chi connectivity index (χ2v) is 4.81. The van der Waals surface area contributed by atoms with Crippen LogP contribution in [0.2, 0.25) is 0 Å². The van der Waals surface area contributed by atoms with Crippen LogP contribution in [0, 0.1) is 6.42 Å². The zero-order chi connectivity index (χ0) is 14.4. The van der Waals surface area contributed by atoms with E-state index in [0.29, 0.717) is 17.9 Å². The summed E-state index contributed by atoms with van der Waals surface area (Å²) in [6, 6.07) is 7.22. The lowest BCUT2D eigenvalue weighted by Gasteiger charge is -2.17. The Morgan fingerprint density at radius 1 is 1.25 bits per heavy atom. The smallest absolute Gasteiger partial charge is 0.342 e. The third-order valence-corrected chi connectivity index (χ3v) is 3.29. The Morgan fingerprint density at radius 3 is 2.65 bits per heavy atom. The highest BCUT2D eigenvalue weighted by Crippen LogP contribution is 2.25. The van der Waals surface area contributed by atoms with Crippen LogP contribution in [0.15, 0.2) is 35.9 Å². The molecule has 0 saturated heterocycles. The van der Waals surface area contributed by atoms with Crippen molar-refractivity contribution in [2.45, 2.75) is 39.2 Å². The third kappa shape index (κ3) is 4.12. The minimum absolute atomic E-state index is 0.0351. The Morgan fingerprint density at radius 2 is 2.00 bits per heavy atom. The highest BCUT2D eigenvalue weighted by Gasteiger charge is 2.19. The van der Waals surface area contributed by atoms with Crippen LogP contribution in [0.4, 0.5) is 0 Å². The van der Waals surface area contributed by atoms with E-state index < -0.39 is 0 Å². The number of rotatable bonds is 8. The summed E-state index contributed by atoms with van der Waals surface area (Å²) in [7, 11) is 0. The first-order valence-electron chi connectivity index (χ1n) is 7.21. The van der Waals surface area contributed by atoms with Gasteiger partial charge in [0.05, 0.1) is 6.61 Å². The zero-order valence-corrected chi connectivity index (χ0v) is 12.1. The largest absolute Gasteiger partial charge is 0.493 e. The fraction of sp³-hybridized carbons (Fsp3) is 0.412. The van der Waals surface area contributed by atoms with Crippen LogP contribution >= 0.6 is 0 Å². The third-order valence-electron chi connectivity index (χ3n) is 3.29. The summed E-state index contributed by atoms with van der Waals surface area (Å²) in [6.45, 7) is 4.47. The Balaban J connectivity index is 1.96. The number of carbonyl (C=O) groups is 1. The van der Waals surface area contributed by atoms with Crippen LogP contribution in [0.25, 0.3) is 0 Å². The van der Waals surface area contributed by atoms with Crippen molar-refractivity contribution in [2.24, 2.45) is 0 Å². The van der Waals surface area contributed by atoms with E-state index >= 15 is 0 Å². The highest BCUT2D eigenvalue weighted by molar-refractivity contribution is 5.92. The maximum atomic E-state index is 12.2. The summed E-state index contributed by atoms with van der Waals surface area (Å²) in [5, 5.41) is 0. The molecule has 107 valence electrons. The van der Waals surface area contributed by atoms with Gasteiger partial charge in [-0.25, -0.2) is 4.79 Å². The predicted molar refractivity (Wildman–Crippen MR) is 78.7 cm³/mol. The van der Waals surface area contributed by atoms with Gasteiger partial charge in [-0.2, -0.15) is 0 Å². The van der Waals surface area contributed by atoms with E-state index in [2.05, 4.69) is 12.5 Å². The number of hydrogen-bond donors (Lipinski definition) is 0. The lowest BCUT2D eigenvalue weighted by atomic mass is 10.1. The number of benzene rings is 1. The molecule has 1 radical (unpaired) electrons. The molecular formula is C17H21O3. The molecule has 2 rings (SSSR count). The first-order chi connectivity index (χ1) is 9.74. The van der Waals surface area contributed by atoms with Crippen LogP contribution in [-0.4, -0.2) is 18.7 Å². The van der Waals surface area contributed by atoms with Gasteiger partial charge in [0.15, 0.2) is 0 Å². The average Bonchev–Trinajstić information content (AvgIpc) is 3.28. The van der Waals surface area contributed by atoms with E-state index in [1.807, 2.05) is 26.0 Å². The molecule has 0 aromatic heterocycles. The van der Waals surface area contributed by atoms with Gasteiger partial charge in [-0.05, 0) is 38.3 Å². The predicted octanol–water partition coefficient (Wildman–Crippen LogP) is 3.95. The number of allylic oxidation sites excluding steroid dienone is 2. The summed E-state index contributed by atoms with van der Waals surface area (Å²) in [5.41, 5.74) is 1.86. The minimum atomic E-state index is -0.297. The van der Waals surface area contributed by atoms with Gasteiger partial charge >= 0.3 is 5.97 Å². The molecule has 0 heterocycles. The molecule has 0 fully saturated rings. The van der Waals surface area contributed by atoms with Gasteiger partial charge in [0.1, 0.15) is 17.4 Å². The summed E-state index contributed by atoms with van der Waals surface area (Å²) < 4.78 is 11.1. The molecule has 0 bridgehead atoms. The first kappa shape index (κ1) is 14.6. The second-order valence-electron chi connectivity index (χ2n) is 4.81. The summed E-state index contributed by atoms with van der Waals surface area (Å²) in [5.74, 6) is 0.294. The highest BCUT2D eigenvalue weighted by atomic mass is 16.5. The molecule has 0 N–H and O–H groups in total. The van der Waals surface area contributed by atoms with Crippen molar-refractivity contribution in [3.63, 3.8) is 0 Å². The molecule has 1 atom stereocenters. The van der Waals surface area contributed by atoms with Crippen molar-refractivity contribution in [3.8, 4) is 5.75 Å². The van der Waals surface area contributed by atoms with E-state index in [1.54, 1.807) is 12.1 Å². The molecule has 1 aliphatic rings. The van der Waals surface area contributed by atoms with E-state index in [0.717, 1.165) is 19.3 Å². The Labute approximate surface area is 120 Å². The molecule has 0 amide bonds. The summed E-state index contributed by atoms with van der Waals surface area (Å²) >= 11 is 0. The maximum absolute atomic E-state index is 12.2. The van der Waals surface area contributed by atoms with Gasteiger partial charge in [0.2, 0.25) is 0 Å². The van der Waals surface area contributed by atoms with Gasteiger partial charge in [0, 0.05) is 6.42 Å². The summed E-state index contributed by atoms with van der Waals surface area (Å²) in [4.78, 5) is 12.2. The van der Waals surface area contributed by atoms with Crippen molar-refractivity contribution < 1.29 is 14.3 Å². The Kier molecular flexibility index (Phi) is 5.22. The zero-order valence-electron chi connectivity index (χ0n) is 12.1. The van der Waals surface area contributed by atoms with E-state index in [-0.39, 0.29) is 12.1 Å². The molecule has 1 aromatic carbocycles. The van der Waals surface area contributed by atoms with Crippen LogP contribution in [-0.2, 0) is 4.74 Å². The molecule has 0 unspecified atom stereocenters. The Hall–Kier alpha value is -1.77. The molecule has 1 aromatic rings. The topological polar surface area (TPSA) is 35.5 Å². The molecule has 0 spiro atoms. The molecule has 0 aliphatic heterocycles. The van der Waals surface area contributed by atoms with E-state index in [4.69, 9.17) is 9.47 Å². The average molecular weight is 273 g/mol. The number of esters is 1. The first-order valence-corrected chi connectivity index (χ1v) is 7.21. The van der Waals surface area contributed by atoms with Crippen LogP contribution in [0.3, 0.4) is 0 Å². The van der Waals surface area contributed by atoms with Gasteiger partial charge in [-0.1, -0.05) is 30.7 Å². The van der Waals surface area contributed by atoms with Crippen molar-refractivity contribution in [1.82, 2.24) is 0 Å². The monoisotopic (exact) mass is 273 g/mol.